The smallest absolute Gasteiger partial charge is 0.343 e. The molecule has 0 unspecified atom stereocenters. The van der Waals surface area contributed by atoms with Gasteiger partial charge in [-0.1, -0.05) is 100.0 Å². The Labute approximate surface area is 214 Å². The molecule has 3 heteroatoms. The van der Waals surface area contributed by atoms with Crippen LogP contribution in [0.25, 0.3) is 10.8 Å². The number of hydrogen-bond donors (Lipinski definition) is 0. The summed E-state index contributed by atoms with van der Waals surface area (Å²) in [7, 11) is 0. The zero-order chi connectivity index (χ0) is 25.1. The lowest BCUT2D eigenvalue weighted by Gasteiger charge is -2.36. The molecule has 4 aromatic rings. The summed E-state index contributed by atoms with van der Waals surface area (Å²) in [6, 6.07) is 30.9. The molecular formula is C33H35NO2. The summed E-state index contributed by atoms with van der Waals surface area (Å²) < 4.78 is 6.19. The molecule has 3 nitrogen and oxygen atoms in total. The van der Waals surface area contributed by atoms with Gasteiger partial charge in [-0.15, -0.1) is 0 Å². The van der Waals surface area contributed by atoms with Gasteiger partial charge in [0.25, 0.3) is 0 Å². The van der Waals surface area contributed by atoms with E-state index in [0.717, 1.165) is 29.4 Å². The van der Waals surface area contributed by atoms with Gasteiger partial charge < -0.3 is 4.74 Å². The lowest BCUT2D eigenvalue weighted by Crippen LogP contribution is -2.34. The Kier molecular flexibility index (Phi) is 6.93. The second kappa shape index (κ2) is 10.3. The molecule has 184 valence electrons. The van der Waals surface area contributed by atoms with Gasteiger partial charge in [0.2, 0.25) is 0 Å². The highest BCUT2D eigenvalue weighted by molar-refractivity contribution is 5.94. The van der Waals surface area contributed by atoms with Crippen molar-refractivity contribution in [2.75, 3.05) is 13.1 Å². The fourth-order valence-corrected chi connectivity index (χ4v) is 5.28. The molecule has 36 heavy (non-hydrogen) atoms. The van der Waals surface area contributed by atoms with Crippen molar-refractivity contribution in [1.82, 2.24) is 4.90 Å². The number of fused-ring (bicyclic) bond motifs is 1. The van der Waals surface area contributed by atoms with E-state index < -0.39 is 0 Å². The highest BCUT2D eigenvalue weighted by atomic mass is 16.5. The molecule has 5 rings (SSSR count). The van der Waals surface area contributed by atoms with Crippen LogP contribution in [0.15, 0.2) is 91.0 Å². The highest BCUT2D eigenvalue weighted by Gasteiger charge is 2.29. The molecule has 0 N–H and O–H groups in total. The van der Waals surface area contributed by atoms with Crippen molar-refractivity contribution in [3.63, 3.8) is 0 Å². The van der Waals surface area contributed by atoms with E-state index in [1.54, 1.807) is 0 Å². The number of ether oxygens (including phenoxy) is 1. The molecule has 0 aromatic heterocycles. The van der Waals surface area contributed by atoms with Crippen molar-refractivity contribution in [3.8, 4) is 5.75 Å². The highest BCUT2D eigenvalue weighted by Crippen LogP contribution is 2.41. The number of hydrogen-bond acceptors (Lipinski definition) is 3. The van der Waals surface area contributed by atoms with Crippen molar-refractivity contribution >= 4 is 16.7 Å². The SMILES string of the molecule is CC(C)(C)c1ccc(C(=O)Oc2ccc3ccccc3c2[C@H](c2ccccc2)N2CCCCC2)cc1. The molecule has 1 aliphatic heterocycles. The molecule has 0 radical (unpaired) electrons. The van der Waals surface area contributed by atoms with E-state index in [2.05, 4.69) is 86.3 Å². The summed E-state index contributed by atoms with van der Waals surface area (Å²) in [5, 5.41) is 2.28. The maximum Gasteiger partial charge on any atom is 0.343 e. The summed E-state index contributed by atoms with van der Waals surface area (Å²) in [6.45, 7) is 8.58. The zero-order valence-electron chi connectivity index (χ0n) is 21.5. The van der Waals surface area contributed by atoms with Crippen LogP contribution in [-0.2, 0) is 5.41 Å². The minimum Gasteiger partial charge on any atom is -0.423 e. The van der Waals surface area contributed by atoms with E-state index in [4.69, 9.17) is 4.74 Å². The first-order valence-electron chi connectivity index (χ1n) is 13.1. The molecule has 1 saturated heterocycles. The standard InChI is InChI=1S/C33H35NO2/c1-33(2,3)27-19-16-26(17-20-27)32(35)36-29-21-18-24-12-8-9-15-28(24)30(29)31(25-13-6-4-7-14-25)34-22-10-5-11-23-34/h4,6-9,12-21,31H,5,10-11,22-23H2,1-3H3/t31-/m0/s1. The van der Waals surface area contributed by atoms with Gasteiger partial charge >= 0.3 is 5.97 Å². The molecule has 4 aromatic carbocycles. The van der Waals surface area contributed by atoms with Gasteiger partial charge in [0.15, 0.2) is 0 Å². The molecular weight excluding hydrogens is 442 g/mol. The van der Waals surface area contributed by atoms with Gasteiger partial charge in [0.05, 0.1) is 11.6 Å². The molecule has 0 spiro atoms. The molecule has 1 fully saturated rings. The molecule has 1 heterocycles. The Morgan fingerprint density at radius 2 is 1.44 bits per heavy atom. The van der Waals surface area contributed by atoms with E-state index in [1.165, 1.54) is 30.4 Å². The van der Waals surface area contributed by atoms with E-state index >= 15 is 0 Å². The van der Waals surface area contributed by atoms with Crippen molar-refractivity contribution < 1.29 is 9.53 Å². The number of benzene rings is 4. The Bertz CT molecular complexity index is 1330. The average molecular weight is 478 g/mol. The van der Waals surface area contributed by atoms with Crippen LogP contribution in [-0.4, -0.2) is 24.0 Å². The summed E-state index contributed by atoms with van der Waals surface area (Å²) in [4.78, 5) is 15.9. The predicted octanol–water partition coefficient (Wildman–Crippen LogP) is 7.93. The Morgan fingerprint density at radius 1 is 0.778 bits per heavy atom. The van der Waals surface area contributed by atoms with E-state index in [1.807, 2.05) is 30.3 Å². The summed E-state index contributed by atoms with van der Waals surface area (Å²) in [5.41, 5.74) is 4.09. The van der Waals surface area contributed by atoms with Crippen LogP contribution < -0.4 is 4.74 Å². The van der Waals surface area contributed by atoms with Gasteiger partial charge in [-0.25, -0.2) is 4.79 Å². The largest absolute Gasteiger partial charge is 0.423 e. The van der Waals surface area contributed by atoms with Crippen LogP contribution in [0.4, 0.5) is 0 Å². The summed E-state index contributed by atoms with van der Waals surface area (Å²) in [5.74, 6) is 0.315. The molecule has 0 amide bonds. The van der Waals surface area contributed by atoms with Crippen molar-refractivity contribution in [1.29, 1.82) is 0 Å². The second-order valence-corrected chi connectivity index (χ2v) is 10.8. The fraction of sp³-hybridized carbons (Fsp3) is 0.303. The maximum absolute atomic E-state index is 13.4. The van der Waals surface area contributed by atoms with E-state index in [9.17, 15) is 4.79 Å². The first-order valence-corrected chi connectivity index (χ1v) is 13.1. The third kappa shape index (κ3) is 5.08. The number of likely N-dealkylation sites (tertiary alicyclic amines) is 1. The fourth-order valence-electron chi connectivity index (χ4n) is 5.28. The number of nitrogens with zero attached hydrogens (tertiary/aromatic N) is 1. The zero-order valence-corrected chi connectivity index (χ0v) is 21.5. The third-order valence-electron chi connectivity index (χ3n) is 7.26. The number of esters is 1. The Balaban J connectivity index is 1.59. The third-order valence-corrected chi connectivity index (χ3v) is 7.26. The van der Waals surface area contributed by atoms with Crippen LogP contribution >= 0.6 is 0 Å². The topological polar surface area (TPSA) is 29.5 Å². The first kappa shape index (κ1) is 24.3. The van der Waals surface area contributed by atoms with Crippen LogP contribution in [0.2, 0.25) is 0 Å². The molecule has 0 bridgehead atoms. The average Bonchev–Trinajstić information content (AvgIpc) is 2.90. The van der Waals surface area contributed by atoms with Crippen LogP contribution in [0.5, 0.6) is 5.75 Å². The monoisotopic (exact) mass is 477 g/mol. The van der Waals surface area contributed by atoms with Crippen LogP contribution in [0, 0.1) is 0 Å². The molecule has 1 aliphatic rings. The molecule has 0 aliphatic carbocycles. The van der Waals surface area contributed by atoms with E-state index in [-0.39, 0.29) is 17.4 Å². The van der Waals surface area contributed by atoms with Gasteiger partial charge in [0.1, 0.15) is 5.75 Å². The quantitative estimate of drug-likeness (QED) is 0.216. The molecule has 0 saturated carbocycles. The van der Waals surface area contributed by atoms with Gasteiger partial charge in [-0.05, 0) is 71.4 Å². The lowest BCUT2D eigenvalue weighted by molar-refractivity contribution is 0.0730. The van der Waals surface area contributed by atoms with Gasteiger partial charge in [-0.2, -0.15) is 0 Å². The lowest BCUT2D eigenvalue weighted by atomic mass is 9.87. The normalized spacial score (nSPS) is 15.5. The van der Waals surface area contributed by atoms with Crippen molar-refractivity contribution in [3.05, 3.63) is 113 Å². The minimum atomic E-state index is -0.322. The maximum atomic E-state index is 13.4. The predicted molar refractivity (Wildman–Crippen MR) is 148 cm³/mol. The number of carbonyl (C=O) groups is 1. The number of carbonyl (C=O) groups excluding carboxylic acids is 1. The van der Waals surface area contributed by atoms with Crippen LogP contribution in [0.1, 0.15) is 73.1 Å². The number of rotatable bonds is 5. The van der Waals surface area contributed by atoms with E-state index in [0.29, 0.717) is 11.3 Å². The first-order chi connectivity index (χ1) is 17.4. The second-order valence-electron chi connectivity index (χ2n) is 10.8. The van der Waals surface area contributed by atoms with Crippen molar-refractivity contribution in [2.45, 2.75) is 51.5 Å². The minimum absolute atomic E-state index is 0.0173. The Hall–Kier alpha value is -3.43. The van der Waals surface area contributed by atoms with Crippen molar-refractivity contribution in [2.24, 2.45) is 0 Å². The summed E-state index contributed by atoms with van der Waals surface area (Å²) >= 11 is 0. The molecule has 1 atom stereocenters. The van der Waals surface area contributed by atoms with Crippen LogP contribution in [0.3, 0.4) is 0 Å². The van der Waals surface area contributed by atoms with Gasteiger partial charge in [0, 0.05) is 5.56 Å². The number of piperidine rings is 1. The summed E-state index contributed by atoms with van der Waals surface area (Å²) in [6.07, 6.45) is 3.63. The van der Waals surface area contributed by atoms with Gasteiger partial charge in [-0.3, -0.25) is 4.90 Å². The Morgan fingerprint density at radius 3 is 2.14 bits per heavy atom.